The Labute approximate surface area is 271 Å². The number of nitrogens with zero attached hydrogens (tertiary/aromatic N) is 1. The van der Waals surface area contributed by atoms with Crippen LogP contribution in [0.5, 0.6) is 0 Å². The van der Waals surface area contributed by atoms with Crippen LogP contribution < -0.4 is 5.32 Å². The van der Waals surface area contributed by atoms with Gasteiger partial charge in [0.2, 0.25) is 5.91 Å². The molecule has 2 aliphatic rings. The molecule has 3 aromatic rings. The Morgan fingerprint density at radius 1 is 0.848 bits per heavy atom. The number of benzene rings is 3. The van der Waals surface area contributed by atoms with Crippen molar-refractivity contribution in [2.24, 2.45) is 0 Å². The van der Waals surface area contributed by atoms with E-state index in [1.807, 2.05) is 48.5 Å². The summed E-state index contributed by atoms with van der Waals surface area (Å²) in [7, 11) is 0. The molecule has 3 aromatic carbocycles. The topological polar surface area (TPSA) is 129 Å². The molecule has 0 aliphatic carbocycles. The fraction of sp³-hybridized carbons (Fsp3) is 0.459. The van der Waals surface area contributed by atoms with Crippen LogP contribution in [0.15, 0.2) is 72.8 Å². The lowest BCUT2D eigenvalue weighted by molar-refractivity contribution is -0.252. The predicted molar refractivity (Wildman–Crippen MR) is 175 cm³/mol. The van der Waals surface area contributed by atoms with Crippen molar-refractivity contribution in [1.29, 1.82) is 0 Å². The lowest BCUT2D eigenvalue weighted by Gasteiger charge is -2.37. The quantitative estimate of drug-likeness (QED) is 0.162. The lowest BCUT2D eigenvalue weighted by atomic mass is 9.99. The first-order valence-corrected chi connectivity index (χ1v) is 16.4. The molecule has 9 nitrogen and oxygen atoms in total. The number of amides is 1. The van der Waals surface area contributed by atoms with Crippen LogP contribution in [0.1, 0.15) is 86.0 Å². The molecule has 5 rings (SSSR count). The van der Waals surface area contributed by atoms with Crippen molar-refractivity contribution in [1.82, 2.24) is 10.2 Å². The summed E-state index contributed by atoms with van der Waals surface area (Å²) in [5.74, 6) is -0.772. The van der Waals surface area contributed by atoms with Gasteiger partial charge in [-0.3, -0.25) is 14.5 Å². The van der Waals surface area contributed by atoms with Gasteiger partial charge in [-0.15, -0.1) is 0 Å². The minimum Gasteiger partial charge on any atom is -0.481 e. The Morgan fingerprint density at radius 2 is 1.59 bits per heavy atom. The highest BCUT2D eigenvalue weighted by atomic mass is 16.7. The van der Waals surface area contributed by atoms with Crippen LogP contribution in [0.2, 0.25) is 0 Å². The van der Waals surface area contributed by atoms with Gasteiger partial charge >= 0.3 is 5.97 Å². The highest BCUT2D eigenvalue weighted by Gasteiger charge is 2.34. The second-order valence-corrected chi connectivity index (χ2v) is 12.5. The predicted octanol–water partition coefficient (Wildman–Crippen LogP) is 5.50. The maximum absolute atomic E-state index is 12.3. The molecule has 4 unspecified atom stereocenters. The van der Waals surface area contributed by atoms with E-state index in [9.17, 15) is 19.8 Å². The number of hydrogen-bond donors (Lipinski definition) is 4. The molecular formula is C37H46N2O7. The number of aliphatic carboxylic acids is 1. The lowest BCUT2D eigenvalue weighted by Crippen LogP contribution is -2.38. The van der Waals surface area contributed by atoms with Crippen molar-refractivity contribution in [3.05, 3.63) is 95.1 Å². The van der Waals surface area contributed by atoms with Crippen molar-refractivity contribution in [2.75, 3.05) is 19.6 Å². The number of hydrogen-bond acceptors (Lipinski definition) is 7. The van der Waals surface area contributed by atoms with Gasteiger partial charge in [-0.1, -0.05) is 79.6 Å². The number of unbranched alkanes of at least 4 members (excludes halogenated alkanes) is 3. The average Bonchev–Trinajstić information content (AvgIpc) is 3.49. The summed E-state index contributed by atoms with van der Waals surface area (Å²) in [6.07, 6.45) is 4.14. The zero-order valence-electron chi connectivity index (χ0n) is 26.4. The molecule has 1 amide bonds. The first kappa shape index (κ1) is 33.8. The van der Waals surface area contributed by atoms with Crippen LogP contribution in [0, 0.1) is 0 Å². The van der Waals surface area contributed by atoms with Crippen LogP contribution in [-0.2, 0) is 32.2 Å². The van der Waals surface area contributed by atoms with E-state index in [2.05, 4.69) is 34.5 Å². The molecule has 0 bridgehead atoms. The number of carboxylic acid groups (broad SMARTS) is 1. The number of β-amino-alcohol motifs (C(OH)–C–C–N with tert-alkyl or cyclic N) is 1. The second kappa shape index (κ2) is 16.8. The normalized spacial score (nSPS) is 21.7. The maximum Gasteiger partial charge on any atom is 0.303 e. The smallest absolute Gasteiger partial charge is 0.303 e. The molecule has 0 spiro atoms. The van der Waals surface area contributed by atoms with E-state index >= 15 is 0 Å². The summed E-state index contributed by atoms with van der Waals surface area (Å²) in [5, 5.41) is 31.2. The van der Waals surface area contributed by atoms with Gasteiger partial charge in [0.1, 0.15) is 0 Å². The number of carboxylic acids is 1. The van der Waals surface area contributed by atoms with Crippen LogP contribution in [-0.4, -0.2) is 63.9 Å². The molecule has 46 heavy (non-hydrogen) atoms. The maximum atomic E-state index is 12.3. The SMILES string of the molecule is O=C(O)CCCCCCC(=O)NCc1cccc(-c2ccc(C3OC(CN4CCC(O)C4)CC(c4ccc(CO)cc4)O3)cc2)c1. The molecule has 2 aliphatic heterocycles. The zero-order chi connectivity index (χ0) is 32.3. The number of nitrogens with one attached hydrogen (secondary N) is 1. The van der Waals surface area contributed by atoms with Crippen molar-refractivity contribution >= 4 is 11.9 Å². The number of ether oxygens (including phenoxy) is 2. The molecular weight excluding hydrogens is 584 g/mol. The standard InChI is InChI=1S/C37H46N2O7/c40-25-26-10-12-29(13-11-26)34-21-33(24-39-19-18-32(41)23-39)45-37(46-34)30-16-14-28(15-17-30)31-7-5-6-27(20-31)22-38-35(42)8-3-1-2-4-9-36(43)44/h5-7,10-17,20,32-34,37,40-41H,1-4,8-9,18-19,21-25H2,(H,38,42)(H,43,44). The third-order valence-corrected chi connectivity index (χ3v) is 8.80. The highest BCUT2D eigenvalue weighted by Crippen LogP contribution is 2.39. The molecule has 9 heteroatoms. The summed E-state index contributed by atoms with van der Waals surface area (Å²) in [6, 6.07) is 24.2. The summed E-state index contributed by atoms with van der Waals surface area (Å²) < 4.78 is 13.0. The largest absolute Gasteiger partial charge is 0.481 e. The molecule has 4 N–H and O–H groups in total. The van der Waals surface area contributed by atoms with E-state index in [0.29, 0.717) is 32.4 Å². The monoisotopic (exact) mass is 630 g/mol. The van der Waals surface area contributed by atoms with Crippen LogP contribution in [0.25, 0.3) is 11.1 Å². The van der Waals surface area contributed by atoms with Crippen LogP contribution in [0.4, 0.5) is 0 Å². The number of aliphatic hydroxyl groups excluding tert-OH is 2. The molecule has 2 heterocycles. The van der Waals surface area contributed by atoms with Gasteiger partial charge in [-0.2, -0.15) is 0 Å². The average molecular weight is 631 g/mol. The molecule has 2 saturated heterocycles. The molecule has 0 radical (unpaired) electrons. The Morgan fingerprint density at radius 3 is 2.28 bits per heavy atom. The second-order valence-electron chi connectivity index (χ2n) is 12.5. The van der Waals surface area contributed by atoms with Crippen molar-refractivity contribution in [3.63, 3.8) is 0 Å². The van der Waals surface area contributed by atoms with Gasteiger partial charge in [-0.25, -0.2) is 0 Å². The van der Waals surface area contributed by atoms with E-state index in [0.717, 1.165) is 72.2 Å². The van der Waals surface area contributed by atoms with Crippen molar-refractivity contribution in [3.8, 4) is 11.1 Å². The number of rotatable bonds is 15. The van der Waals surface area contributed by atoms with Gasteiger partial charge in [-0.05, 0) is 53.1 Å². The van der Waals surface area contributed by atoms with Gasteiger partial charge in [0.25, 0.3) is 0 Å². The van der Waals surface area contributed by atoms with Crippen molar-refractivity contribution in [2.45, 2.75) is 89.1 Å². The molecule has 4 atom stereocenters. The molecule has 0 aromatic heterocycles. The number of aliphatic hydroxyl groups is 2. The minimum absolute atomic E-state index is 0.000163. The zero-order valence-corrected chi connectivity index (χ0v) is 26.4. The van der Waals surface area contributed by atoms with E-state index in [-0.39, 0.29) is 37.2 Å². The molecule has 0 saturated carbocycles. The number of carbonyl (C=O) groups is 2. The third kappa shape index (κ3) is 9.95. The Kier molecular flexibility index (Phi) is 12.3. The first-order chi connectivity index (χ1) is 22.4. The number of likely N-dealkylation sites (tertiary alicyclic amines) is 1. The fourth-order valence-electron chi connectivity index (χ4n) is 6.20. The Hall–Kier alpha value is -3.60. The van der Waals surface area contributed by atoms with E-state index in [4.69, 9.17) is 14.6 Å². The van der Waals surface area contributed by atoms with Gasteiger partial charge in [0.15, 0.2) is 6.29 Å². The molecule has 246 valence electrons. The van der Waals surface area contributed by atoms with E-state index in [1.165, 1.54) is 0 Å². The number of carbonyl (C=O) groups excluding carboxylic acids is 1. The summed E-state index contributed by atoms with van der Waals surface area (Å²) >= 11 is 0. The van der Waals surface area contributed by atoms with Crippen molar-refractivity contribution < 1.29 is 34.4 Å². The van der Waals surface area contributed by atoms with Gasteiger partial charge in [0.05, 0.1) is 24.9 Å². The van der Waals surface area contributed by atoms with Gasteiger partial charge in [0, 0.05) is 51.0 Å². The van der Waals surface area contributed by atoms with Crippen LogP contribution >= 0.6 is 0 Å². The van der Waals surface area contributed by atoms with E-state index in [1.54, 1.807) is 0 Å². The van der Waals surface area contributed by atoms with Crippen LogP contribution in [0.3, 0.4) is 0 Å². The summed E-state index contributed by atoms with van der Waals surface area (Å²) in [5.41, 5.74) is 5.95. The van der Waals surface area contributed by atoms with E-state index < -0.39 is 12.3 Å². The Bertz CT molecular complexity index is 1410. The Balaban J connectivity index is 1.19. The minimum atomic E-state index is -0.775. The molecule has 2 fully saturated rings. The summed E-state index contributed by atoms with van der Waals surface area (Å²) in [4.78, 5) is 25.2. The third-order valence-electron chi connectivity index (χ3n) is 8.80. The summed E-state index contributed by atoms with van der Waals surface area (Å²) in [6.45, 7) is 2.70. The first-order valence-electron chi connectivity index (χ1n) is 16.4. The van der Waals surface area contributed by atoms with Gasteiger partial charge < -0.3 is 30.1 Å². The fourth-order valence-corrected chi connectivity index (χ4v) is 6.20. The highest BCUT2D eigenvalue weighted by molar-refractivity contribution is 5.76.